The summed E-state index contributed by atoms with van der Waals surface area (Å²) in [7, 11) is 4.61. The van der Waals surface area contributed by atoms with Crippen LogP contribution in [0.3, 0.4) is 0 Å². The summed E-state index contributed by atoms with van der Waals surface area (Å²) in [4.78, 5) is 11.5. The Morgan fingerprint density at radius 2 is 1.21 bits per heavy atom. The molecule has 3 aromatic rings. The minimum absolute atomic E-state index is 0.383. The van der Waals surface area contributed by atoms with Crippen molar-refractivity contribution in [2.75, 3.05) is 21.3 Å². The molecular weight excluding hydrogens is 356 g/mol. The Morgan fingerprint density at radius 1 is 0.714 bits per heavy atom. The lowest BCUT2D eigenvalue weighted by Gasteiger charge is -2.13. The van der Waals surface area contributed by atoms with E-state index in [1.54, 1.807) is 38.5 Å². The van der Waals surface area contributed by atoms with Crippen molar-refractivity contribution >= 4 is 17.3 Å². The van der Waals surface area contributed by atoms with Crippen LogP contribution in [0.5, 0.6) is 11.5 Å². The van der Waals surface area contributed by atoms with Crippen LogP contribution < -0.4 is 9.47 Å². The highest BCUT2D eigenvalue weighted by molar-refractivity contribution is 5.89. The van der Waals surface area contributed by atoms with Crippen molar-refractivity contribution in [3.05, 3.63) is 72.3 Å². The Balaban J connectivity index is 1.80. The number of rotatable bonds is 6. The highest BCUT2D eigenvalue weighted by Gasteiger charge is 2.12. The SMILES string of the molecule is COC(=O)c1ccc(N=Nc2ccc(-c3c(OC)cccc3OC)cc2)cc1. The number of methoxy groups -OCH3 is 3. The van der Waals surface area contributed by atoms with Crippen LogP contribution in [0.4, 0.5) is 11.4 Å². The van der Waals surface area contributed by atoms with Gasteiger partial charge in [-0.25, -0.2) is 4.79 Å². The third kappa shape index (κ3) is 4.17. The lowest BCUT2D eigenvalue weighted by molar-refractivity contribution is 0.0601. The van der Waals surface area contributed by atoms with Crippen molar-refractivity contribution in [1.29, 1.82) is 0 Å². The number of nitrogens with zero attached hydrogens (tertiary/aromatic N) is 2. The van der Waals surface area contributed by atoms with Crippen molar-refractivity contribution in [2.45, 2.75) is 0 Å². The second-order valence-electron chi connectivity index (χ2n) is 5.82. The van der Waals surface area contributed by atoms with Crippen LogP contribution in [0.25, 0.3) is 11.1 Å². The molecule has 0 aliphatic rings. The van der Waals surface area contributed by atoms with Crippen LogP contribution >= 0.6 is 0 Å². The minimum Gasteiger partial charge on any atom is -0.496 e. The highest BCUT2D eigenvalue weighted by atomic mass is 16.5. The standard InChI is InChI=1S/C22H20N2O4/c1-26-19-5-4-6-20(27-2)21(19)15-7-11-17(12-8-15)23-24-18-13-9-16(10-14-18)22(25)28-3/h4-14H,1-3H3. The number of azo groups is 1. The van der Waals surface area contributed by atoms with Gasteiger partial charge in [-0.15, -0.1) is 0 Å². The van der Waals surface area contributed by atoms with Gasteiger partial charge in [0.15, 0.2) is 0 Å². The van der Waals surface area contributed by atoms with Crippen molar-refractivity contribution < 1.29 is 19.0 Å². The van der Waals surface area contributed by atoms with E-state index in [9.17, 15) is 4.79 Å². The number of hydrogen-bond donors (Lipinski definition) is 0. The summed E-state index contributed by atoms with van der Waals surface area (Å²) < 4.78 is 15.6. The van der Waals surface area contributed by atoms with Crippen LogP contribution in [0, 0.1) is 0 Å². The summed E-state index contributed by atoms with van der Waals surface area (Å²) in [6.07, 6.45) is 0. The van der Waals surface area contributed by atoms with E-state index >= 15 is 0 Å². The van der Waals surface area contributed by atoms with Gasteiger partial charge in [0.2, 0.25) is 0 Å². The topological polar surface area (TPSA) is 69.5 Å². The Hall–Kier alpha value is -3.67. The highest BCUT2D eigenvalue weighted by Crippen LogP contribution is 2.38. The Labute approximate surface area is 163 Å². The number of benzene rings is 3. The first kappa shape index (κ1) is 19.1. The van der Waals surface area contributed by atoms with E-state index < -0.39 is 0 Å². The molecule has 0 saturated heterocycles. The van der Waals surface area contributed by atoms with Gasteiger partial charge < -0.3 is 14.2 Å². The molecule has 0 bridgehead atoms. The summed E-state index contributed by atoms with van der Waals surface area (Å²) >= 11 is 0. The van der Waals surface area contributed by atoms with Crippen molar-refractivity contribution in [3.8, 4) is 22.6 Å². The van der Waals surface area contributed by atoms with Crippen LogP contribution in [0.15, 0.2) is 77.0 Å². The Morgan fingerprint density at radius 3 is 1.68 bits per heavy atom. The predicted molar refractivity (Wildman–Crippen MR) is 107 cm³/mol. The monoisotopic (exact) mass is 376 g/mol. The summed E-state index contributed by atoms with van der Waals surface area (Å²) in [6.45, 7) is 0. The van der Waals surface area contributed by atoms with Crippen LogP contribution in [0.2, 0.25) is 0 Å². The van der Waals surface area contributed by atoms with Crippen molar-refractivity contribution in [2.24, 2.45) is 10.2 Å². The average molecular weight is 376 g/mol. The molecule has 0 fully saturated rings. The molecule has 142 valence electrons. The smallest absolute Gasteiger partial charge is 0.337 e. The van der Waals surface area contributed by atoms with E-state index in [4.69, 9.17) is 9.47 Å². The minimum atomic E-state index is -0.383. The van der Waals surface area contributed by atoms with Crippen molar-refractivity contribution in [1.82, 2.24) is 0 Å². The van der Waals surface area contributed by atoms with Gasteiger partial charge in [-0.05, 0) is 54.1 Å². The molecule has 0 aliphatic carbocycles. The van der Waals surface area contributed by atoms with E-state index in [1.165, 1.54) is 7.11 Å². The molecule has 0 atom stereocenters. The molecular formula is C22H20N2O4. The normalized spacial score (nSPS) is 10.7. The van der Waals surface area contributed by atoms with Gasteiger partial charge in [-0.1, -0.05) is 18.2 Å². The van der Waals surface area contributed by atoms with E-state index in [-0.39, 0.29) is 5.97 Å². The zero-order valence-corrected chi connectivity index (χ0v) is 15.9. The maximum Gasteiger partial charge on any atom is 0.337 e. The van der Waals surface area contributed by atoms with Crippen LogP contribution in [-0.2, 0) is 4.74 Å². The molecule has 3 aromatic carbocycles. The molecule has 0 aromatic heterocycles. The van der Waals surface area contributed by atoms with E-state index in [1.807, 2.05) is 42.5 Å². The van der Waals surface area contributed by atoms with E-state index in [2.05, 4.69) is 15.0 Å². The second kappa shape index (κ2) is 8.81. The maximum absolute atomic E-state index is 11.5. The number of carbonyl (C=O) groups excluding carboxylic acids is 1. The largest absolute Gasteiger partial charge is 0.496 e. The molecule has 6 nitrogen and oxygen atoms in total. The molecule has 0 N–H and O–H groups in total. The van der Waals surface area contributed by atoms with Gasteiger partial charge >= 0.3 is 5.97 Å². The first-order chi connectivity index (χ1) is 13.7. The fourth-order valence-electron chi connectivity index (χ4n) is 2.73. The van der Waals surface area contributed by atoms with Crippen LogP contribution in [-0.4, -0.2) is 27.3 Å². The molecule has 0 aliphatic heterocycles. The molecule has 0 spiro atoms. The lowest BCUT2D eigenvalue weighted by Crippen LogP contribution is -1.99. The summed E-state index contributed by atoms with van der Waals surface area (Å²) in [5.41, 5.74) is 3.65. The molecule has 0 heterocycles. The summed E-state index contributed by atoms with van der Waals surface area (Å²) in [5, 5.41) is 8.43. The van der Waals surface area contributed by atoms with Gasteiger partial charge in [0.25, 0.3) is 0 Å². The van der Waals surface area contributed by atoms with Gasteiger partial charge in [0.1, 0.15) is 11.5 Å². The molecule has 0 amide bonds. The number of esters is 1. The molecule has 28 heavy (non-hydrogen) atoms. The lowest BCUT2D eigenvalue weighted by atomic mass is 10.0. The van der Waals surface area contributed by atoms with Crippen molar-refractivity contribution in [3.63, 3.8) is 0 Å². The number of carbonyl (C=O) groups is 1. The molecule has 0 unspecified atom stereocenters. The second-order valence-corrected chi connectivity index (χ2v) is 5.82. The van der Waals surface area contributed by atoms with Gasteiger partial charge in [-0.2, -0.15) is 10.2 Å². The zero-order chi connectivity index (χ0) is 19.9. The zero-order valence-electron chi connectivity index (χ0n) is 15.9. The Bertz CT molecular complexity index is 958. The molecule has 0 saturated carbocycles. The quantitative estimate of drug-likeness (QED) is 0.416. The fourth-order valence-corrected chi connectivity index (χ4v) is 2.73. The molecule has 0 radical (unpaired) electrons. The first-order valence-corrected chi connectivity index (χ1v) is 8.58. The number of ether oxygens (including phenoxy) is 3. The van der Waals surface area contributed by atoms with Gasteiger partial charge in [0, 0.05) is 0 Å². The first-order valence-electron chi connectivity index (χ1n) is 8.58. The van der Waals surface area contributed by atoms with Gasteiger partial charge in [-0.3, -0.25) is 0 Å². The predicted octanol–water partition coefficient (Wildman–Crippen LogP) is 5.57. The molecule has 3 rings (SSSR count). The van der Waals surface area contributed by atoms with Crippen LogP contribution in [0.1, 0.15) is 10.4 Å². The Kier molecular flexibility index (Phi) is 6.01. The summed E-state index contributed by atoms with van der Waals surface area (Å²) in [5.74, 6) is 1.09. The van der Waals surface area contributed by atoms with E-state index in [0.717, 1.165) is 22.6 Å². The third-order valence-electron chi connectivity index (χ3n) is 4.15. The third-order valence-corrected chi connectivity index (χ3v) is 4.15. The van der Waals surface area contributed by atoms with E-state index in [0.29, 0.717) is 16.9 Å². The number of hydrogen-bond acceptors (Lipinski definition) is 6. The average Bonchev–Trinajstić information content (AvgIpc) is 2.77. The fraction of sp³-hybridized carbons (Fsp3) is 0.136. The van der Waals surface area contributed by atoms with Gasteiger partial charge in [0.05, 0.1) is 43.8 Å². The maximum atomic E-state index is 11.5. The molecule has 6 heteroatoms. The summed E-state index contributed by atoms with van der Waals surface area (Å²) in [6, 6.07) is 20.0.